The minimum Gasteiger partial charge on any atom is -0.497 e. The maximum absolute atomic E-state index is 12.8. The molecule has 1 aromatic carbocycles. The van der Waals surface area contributed by atoms with Crippen molar-refractivity contribution in [1.82, 2.24) is 20.4 Å². The van der Waals surface area contributed by atoms with E-state index in [1.807, 2.05) is 18.2 Å². The Morgan fingerprint density at radius 1 is 1.36 bits per heavy atom. The molecule has 1 amide bonds. The minimum absolute atomic E-state index is 0.0939. The summed E-state index contributed by atoms with van der Waals surface area (Å²) in [7, 11) is 3.85. The van der Waals surface area contributed by atoms with E-state index in [-0.39, 0.29) is 11.9 Å². The number of likely N-dealkylation sites (tertiary alicyclic amines) is 1. The minimum atomic E-state index is -0.0939. The number of methoxy groups -OCH3 is 1. The highest BCUT2D eigenvalue weighted by atomic mass is 16.5. The number of carbonyl (C=O) groups excluding carboxylic acids is 1. The van der Waals surface area contributed by atoms with Crippen molar-refractivity contribution in [2.75, 3.05) is 20.7 Å². The van der Waals surface area contributed by atoms with Crippen LogP contribution >= 0.6 is 0 Å². The summed E-state index contributed by atoms with van der Waals surface area (Å²) in [5, 5.41) is 11.2. The standard InChI is InChI=1S/C19H26N4O2/c1-23-9-8-13(10-12-4-3-5-17(12)23)20-19(24)18-15-11-14(25-2)6-7-16(15)21-22-18/h6-7,11-13,17H,3-5,8-10H2,1-2H3,(H,20,24)(H,21,22)/t12?,13-,17?/m1/s1. The van der Waals surface area contributed by atoms with E-state index in [1.54, 1.807) is 7.11 Å². The Morgan fingerprint density at radius 2 is 2.24 bits per heavy atom. The normalized spacial score (nSPS) is 27.0. The van der Waals surface area contributed by atoms with Crippen molar-refractivity contribution in [1.29, 1.82) is 0 Å². The smallest absolute Gasteiger partial charge is 0.272 e. The Labute approximate surface area is 147 Å². The number of amides is 1. The molecular weight excluding hydrogens is 316 g/mol. The van der Waals surface area contributed by atoms with Crippen molar-refractivity contribution < 1.29 is 9.53 Å². The maximum atomic E-state index is 12.8. The Kier molecular flexibility index (Phi) is 4.37. The fourth-order valence-electron chi connectivity index (χ4n) is 4.56. The lowest BCUT2D eigenvalue weighted by molar-refractivity contribution is 0.0927. The summed E-state index contributed by atoms with van der Waals surface area (Å²) in [6.45, 7) is 1.04. The number of hydrogen-bond acceptors (Lipinski definition) is 4. The van der Waals surface area contributed by atoms with Gasteiger partial charge in [0.25, 0.3) is 5.91 Å². The van der Waals surface area contributed by atoms with Gasteiger partial charge in [-0.15, -0.1) is 0 Å². The second-order valence-electron chi connectivity index (χ2n) is 7.42. The molecule has 3 atom stereocenters. The summed E-state index contributed by atoms with van der Waals surface area (Å²) in [5.41, 5.74) is 1.30. The van der Waals surface area contributed by atoms with Gasteiger partial charge < -0.3 is 15.0 Å². The van der Waals surface area contributed by atoms with Crippen LogP contribution in [0.15, 0.2) is 18.2 Å². The van der Waals surface area contributed by atoms with Crippen LogP contribution in [-0.2, 0) is 0 Å². The molecule has 2 aliphatic rings. The van der Waals surface area contributed by atoms with Crippen LogP contribution in [0.1, 0.15) is 42.6 Å². The predicted molar refractivity (Wildman–Crippen MR) is 96.9 cm³/mol. The second-order valence-corrected chi connectivity index (χ2v) is 7.42. The van der Waals surface area contributed by atoms with Crippen LogP contribution in [0.4, 0.5) is 0 Å². The van der Waals surface area contributed by atoms with E-state index in [1.165, 1.54) is 19.3 Å². The molecule has 2 fully saturated rings. The highest BCUT2D eigenvalue weighted by molar-refractivity contribution is 6.05. The van der Waals surface area contributed by atoms with Crippen molar-refractivity contribution in [2.24, 2.45) is 5.92 Å². The molecule has 4 rings (SSSR count). The Balaban J connectivity index is 1.52. The third-order valence-corrected chi connectivity index (χ3v) is 5.92. The lowest BCUT2D eigenvalue weighted by Gasteiger charge is -2.26. The van der Waals surface area contributed by atoms with Crippen molar-refractivity contribution in [3.8, 4) is 5.75 Å². The summed E-state index contributed by atoms with van der Waals surface area (Å²) in [6, 6.07) is 6.53. The molecule has 2 unspecified atom stereocenters. The molecule has 25 heavy (non-hydrogen) atoms. The zero-order valence-corrected chi connectivity index (χ0v) is 14.9. The topological polar surface area (TPSA) is 70.2 Å². The summed E-state index contributed by atoms with van der Waals surface area (Å²) in [5.74, 6) is 1.34. The van der Waals surface area contributed by atoms with Crippen molar-refractivity contribution in [3.05, 3.63) is 23.9 Å². The van der Waals surface area contributed by atoms with Gasteiger partial charge in [-0.05, 0) is 56.8 Å². The van der Waals surface area contributed by atoms with Crippen molar-refractivity contribution >= 4 is 16.8 Å². The fraction of sp³-hybridized carbons (Fsp3) is 0.579. The third kappa shape index (κ3) is 3.11. The molecule has 0 radical (unpaired) electrons. The number of H-pyrrole nitrogens is 1. The summed E-state index contributed by atoms with van der Waals surface area (Å²) in [4.78, 5) is 15.3. The van der Waals surface area contributed by atoms with E-state index in [9.17, 15) is 4.79 Å². The molecule has 1 saturated heterocycles. The van der Waals surface area contributed by atoms with Crippen LogP contribution in [0, 0.1) is 5.92 Å². The van der Waals surface area contributed by atoms with Gasteiger partial charge in [0.2, 0.25) is 0 Å². The van der Waals surface area contributed by atoms with Crippen LogP contribution in [0.25, 0.3) is 10.9 Å². The average molecular weight is 342 g/mol. The Bertz CT molecular complexity index is 772. The van der Waals surface area contributed by atoms with Gasteiger partial charge in [0, 0.05) is 24.0 Å². The van der Waals surface area contributed by atoms with E-state index in [0.717, 1.165) is 36.0 Å². The Morgan fingerprint density at radius 3 is 3.08 bits per heavy atom. The lowest BCUT2D eigenvalue weighted by Crippen LogP contribution is -2.36. The molecule has 2 N–H and O–H groups in total. The number of rotatable bonds is 3. The maximum Gasteiger partial charge on any atom is 0.272 e. The van der Waals surface area contributed by atoms with Crippen LogP contribution in [0.3, 0.4) is 0 Å². The Hall–Kier alpha value is -2.08. The van der Waals surface area contributed by atoms with Gasteiger partial charge in [-0.2, -0.15) is 5.10 Å². The first kappa shape index (κ1) is 16.4. The van der Waals surface area contributed by atoms with Gasteiger partial charge in [0.05, 0.1) is 12.6 Å². The fourth-order valence-corrected chi connectivity index (χ4v) is 4.56. The number of benzene rings is 1. The molecular formula is C19H26N4O2. The molecule has 1 aliphatic heterocycles. The zero-order valence-electron chi connectivity index (χ0n) is 14.9. The number of aromatic nitrogens is 2. The number of nitrogens with one attached hydrogen (secondary N) is 2. The number of hydrogen-bond donors (Lipinski definition) is 2. The molecule has 1 aromatic heterocycles. The lowest BCUT2D eigenvalue weighted by atomic mass is 9.95. The molecule has 6 nitrogen and oxygen atoms in total. The van der Waals surface area contributed by atoms with E-state index < -0.39 is 0 Å². The van der Waals surface area contributed by atoms with Crippen LogP contribution in [-0.4, -0.2) is 53.8 Å². The molecule has 1 aliphatic carbocycles. The van der Waals surface area contributed by atoms with Gasteiger partial charge in [0.1, 0.15) is 5.75 Å². The zero-order chi connectivity index (χ0) is 17.4. The SMILES string of the molecule is COc1ccc2[nH]nc(C(=O)N[C@@H]3CCN(C)C4CCCC4C3)c2c1. The van der Waals surface area contributed by atoms with Gasteiger partial charge in [-0.1, -0.05) is 6.42 Å². The quantitative estimate of drug-likeness (QED) is 0.899. The number of nitrogens with zero attached hydrogens (tertiary/aromatic N) is 2. The third-order valence-electron chi connectivity index (χ3n) is 5.92. The highest BCUT2D eigenvalue weighted by Crippen LogP contribution is 2.35. The number of fused-ring (bicyclic) bond motifs is 2. The van der Waals surface area contributed by atoms with Crippen LogP contribution in [0.5, 0.6) is 5.75 Å². The van der Waals surface area contributed by atoms with Gasteiger partial charge in [0.15, 0.2) is 5.69 Å². The van der Waals surface area contributed by atoms with E-state index in [0.29, 0.717) is 17.7 Å². The van der Waals surface area contributed by atoms with Crippen LogP contribution < -0.4 is 10.1 Å². The summed E-state index contributed by atoms with van der Waals surface area (Å²) < 4.78 is 5.27. The number of aromatic amines is 1. The second kappa shape index (κ2) is 6.67. The molecule has 2 aromatic rings. The molecule has 134 valence electrons. The first-order valence-corrected chi connectivity index (χ1v) is 9.19. The molecule has 6 heteroatoms. The number of ether oxygens (including phenoxy) is 1. The molecule has 0 bridgehead atoms. The van der Waals surface area contributed by atoms with E-state index in [2.05, 4.69) is 27.5 Å². The summed E-state index contributed by atoms with van der Waals surface area (Å²) in [6.07, 6.45) is 5.97. The molecule has 0 spiro atoms. The molecule has 2 heterocycles. The first-order valence-electron chi connectivity index (χ1n) is 9.19. The number of carbonyl (C=O) groups is 1. The van der Waals surface area contributed by atoms with E-state index >= 15 is 0 Å². The highest BCUT2D eigenvalue weighted by Gasteiger charge is 2.35. The van der Waals surface area contributed by atoms with Gasteiger partial charge >= 0.3 is 0 Å². The monoisotopic (exact) mass is 342 g/mol. The van der Waals surface area contributed by atoms with E-state index in [4.69, 9.17) is 4.74 Å². The first-order chi connectivity index (χ1) is 12.2. The largest absolute Gasteiger partial charge is 0.497 e. The van der Waals surface area contributed by atoms with Crippen molar-refractivity contribution in [3.63, 3.8) is 0 Å². The van der Waals surface area contributed by atoms with Crippen molar-refractivity contribution in [2.45, 2.75) is 44.2 Å². The predicted octanol–water partition coefficient (Wildman–Crippen LogP) is 2.56. The van der Waals surface area contributed by atoms with Crippen LogP contribution in [0.2, 0.25) is 0 Å². The van der Waals surface area contributed by atoms with Gasteiger partial charge in [-0.25, -0.2) is 0 Å². The summed E-state index contributed by atoms with van der Waals surface area (Å²) >= 11 is 0. The average Bonchev–Trinajstić information content (AvgIpc) is 3.22. The van der Waals surface area contributed by atoms with Gasteiger partial charge in [-0.3, -0.25) is 9.89 Å². The molecule has 1 saturated carbocycles.